The zero-order valence-corrected chi connectivity index (χ0v) is 25.3. The highest BCUT2D eigenvalue weighted by Crippen LogP contribution is 2.33. The van der Waals surface area contributed by atoms with Gasteiger partial charge < -0.3 is 20.1 Å². The zero-order valence-electron chi connectivity index (χ0n) is 23.7. The predicted molar refractivity (Wildman–Crippen MR) is 169 cm³/mol. The molecule has 5 heterocycles. The summed E-state index contributed by atoms with van der Waals surface area (Å²) in [6, 6.07) is 15.9. The van der Waals surface area contributed by atoms with Crippen LogP contribution in [-0.4, -0.2) is 67.1 Å². The van der Waals surface area contributed by atoms with E-state index in [2.05, 4.69) is 37.4 Å². The Morgan fingerprint density at radius 2 is 1.45 bits per heavy atom. The summed E-state index contributed by atoms with van der Waals surface area (Å²) in [4.78, 5) is 58.3. The van der Waals surface area contributed by atoms with Gasteiger partial charge in [-0.05, 0) is 48.1 Å². The van der Waals surface area contributed by atoms with Crippen molar-refractivity contribution in [2.45, 2.75) is 25.3 Å². The number of amides is 3. The summed E-state index contributed by atoms with van der Waals surface area (Å²) < 4.78 is 0. The Hall–Kier alpha value is -4.68. The van der Waals surface area contributed by atoms with Crippen LogP contribution in [0.5, 0.6) is 0 Å². The summed E-state index contributed by atoms with van der Waals surface area (Å²) in [5.74, 6) is 0.292. The van der Waals surface area contributed by atoms with Gasteiger partial charge in [-0.1, -0.05) is 36.4 Å². The lowest BCUT2D eigenvalue weighted by atomic mass is 10.0. The molecule has 3 amide bonds. The first kappa shape index (κ1) is 28.1. The van der Waals surface area contributed by atoms with Crippen molar-refractivity contribution in [3.05, 3.63) is 93.7 Å². The summed E-state index contributed by atoms with van der Waals surface area (Å²) in [6.07, 6.45) is 4.25. The summed E-state index contributed by atoms with van der Waals surface area (Å²) >= 11 is 2.81. The molecule has 2 aromatic carbocycles. The molecule has 0 spiro atoms. The second-order valence-corrected chi connectivity index (χ2v) is 12.4. The van der Waals surface area contributed by atoms with Crippen LogP contribution in [-0.2, 0) is 4.79 Å². The summed E-state index contributed by atoms with van der Waals surface area (Å²) in [7, 11) is 0. The number of imidazole rings is 1. The molecule has 0 bridgehead atoms. The van der Waals surface area contributed by atoms with Crippen LogP contribution in [0.1, 0.15) is 52.1 Å². The van der Waals surface area contributed by atoms with Gasteiger partial charge in [0, 0.05) is 36.1 Å². The highest BCUT2D eigenvalue weighted by atomic mass is 32.1. The van der Waals surface area contributed by atoms with Gasteiger partial charge in [-0.25, -0.2) is 15.0 Å². The molecule has 2 fully saturated rings. The van der Waals surface area contributed by atoms with E-state index in [4.69, 9.17) is 0 Å². The molecular weight excluding hydrogens is 595 g/mol. The fraction of sp³-hybridized carbons (Fsp3) is 0.250. The number of rotatable bonds is 7. The second kappa shape index (κ2) is 12.1. The van der Waals surface area contributed by atoms with Crippen molar-refractivity contribution < 1.29 is 14.4 Å². The molecular formula is C32H29N7O3S2. The van der Waals surface area contributed by atoms with Gasteiger partial charge in [-0.3, -0.25) is 14.4 Å². The van der Waals surface area contributed by atoms with E-state index in [0.29, 0.717) is 37.4 Å². The van der Waals surface area contributed by atoms with Crippen molar-refractivity contribution in [3.63, 3.8) is 0 Å². The molecule has 7 rings (SSSR count). The molecule has 12 heteroatoms. The van der Waals surface area contributed by atoms with E-state index in [1.54, 1.807) is 26.7 Å². The van der Waals surface area contributed by atoms with Gasteiger partial charge >= 0.3 is 0 Å². The number of thiazole rings is 2. The van der Waals surface area contributed by atoms with Crippen LogP contribution < -0.4 is 5.32 Å². The Kier molecular flexibility index (Phi) is 7.75. The highest BCUT2D eigenvalue weighted by molar-refractivity contribution is 7.08. The Balaban J connectivity index is 0.964. The number of aromatic nitrogens is 4. The number of likely N-dealkylation sites (tertiary alicyclic amines) is 2. The number of benzene rings is 2. The molecule has 10 nitrogen and oxygen atoms in total. The van der Waals surface area contributed by atoms with Gasteiger partial charge in [0.05, 0.1) is 34.9 Å². The van der Waals surface area contributed by atoms with Crippen molar-refractivity contribution in [1.82, 2.24) is 29.7 Å². The van der Waals surface area contributed by atoms with E-state index in [1.807, 2.05) is 47.5 Å². The fourth-order valence-corrected chi connectivity index (χ4v) is 6.94. The Bertz CT molecular complexity index is 1770. The molecule has 2 atom stereocenters. The molecule has 3 aromatic heterocycles. The van der Waals surface area contributed by atoms with Crippen molar-refractivity contribution in [3.8, 4) is 22.4 Å². The number of nitrogens with zero attached hydrogens (tertiary/aromatic N) is 5. The minimum Gasteiger partial charge on any atom is -0.340 e. The first-order chi connectivity index (χ1) is 21.5. The standard InChI is InChI=1S/C32H29N7O3S2/c40-30(23-11-13-38(15-23)31(41)26-16-43-18-34-26)36-24-9-7-21(8-10-24)20-3-5-22(6-4-20)25-14-33-29(37-25)28-2-1-12-39(28)32(42)27-17-44-19-35-27/h3-10,14,16-19,23,28H,1-2,11-13,15H2,(H,33,37)(H,36,40)/t23-,28-/m0/s1. The van der Waals surface area contributed by atoms with E-state index in [-0.39, 0.29) is 29.7 Å². The van der Waals surface area contributed by atoms with E-state index in [1.165, 1.54) is 22.7 Å². The minimum absolute atomic E-state index is 0.0501. The average Bonchev–Trinajstić information content (AvgIpc) is 3.90. The minimum atomic E-state index is -0.247. The Labute approximate surface area is 261 Å². The lowest BCUT2D eigenvalue weighted by molar-refractivity contribution is -0.119. The van der Waals surface area contributed by atoms with Gasteiger partial charge in [0.2, 0.25) is 5.91 Å². The van der Waals surface area contributed by atoms with Gasteiger partial charge in [-0.15, -0.1) is 22.7 Å². The number of hydrogen-bond donors (Lipinski definition) is 2. The Morgan fingerprint density at radius 3 is 2.14 bits per heavy atom. The van der Waals surface area contributed by atoms with Crippen molar-refractivity contribution >= 4 is 46.1 Å². The summed E-state index contributed by atoms with van der Waals surface area (Å²) in [5, 5.41) is 6.52. The molecule has 222 valence electrons. The maximum atomic E-state index is 12.9. The number of carbonyl (C=O) groups excluding carboxylic acids is 3. The molecule has 0 saturated carbocycles. The van der Waals surface area contributed by atoms with Crippen LogP contribution in [0.3, 0.4) is 0 Å². The van der Waals surface area contributed by atoms with Gasteiger partial charge in [0.1, 0.15) is 17.2 Å². The third-order valence-corrected chi connectivity index (χ3v) is 9.43. The number of nitrogens with one attached hydrogen (secondary N) is 2. The quantitative estimate of drug-likeness (QED) is 0.239. The molecule has 0 radical (unpaired) electrons. The third-order valence-electron chi connectivity index (χ3n) is 8.26. The molecule has 2 saturated heterocycles. The van der Waals surface area contributed by atoms with Gasteiger partial charge in [-0.2, -0.15) is 0 Å². The van der Waals surface area contributed by atoms with Crippen LogP contribution in [0.25, 0.3) is 22.4 Å². The Morgan fingerprint density at radius 1 is 0.795 bits per heavy atom. The van der Waals surface area contributed by atoms with E-state index in [9.17, 15) is 14.4 Å². The molecule has 2 aliphatic heterocycles. The maximum Gasteiger partial charge on any atom is 0.273 e. The van der Waals surface area contributed by atoms with Crippen molar-refractivity contribution in [2.24, 2.45) is 5.92 Å². The van der Waals surface area contributed by atoms with Gasteiger partial charge in [0.15, 0.2) is 0 Å². The molecule has 2 aliphatic rings. The zero-order chi connectivity index (χ0) is 30.0. The van der Waals surface area contributed by atoms with Crippen molar-refractivity contribution in [1.29, 1.82) is 0 Å². The number of anilines is 1. The van der Waals surface area contributed by atoms with Crippen LogP contribution in [0, 0.1) is 5.92 Å². The maximum absolute atomic E-state index is 12.9. The smallest absolute Gasteiger partial charge is 0.273 e. The fourth-order valence-electron chi connectivity index (χ4n) is 5.88. The summed E-state index contributed by atoms with van der Waals surface area (Å²) in [6.45, 7) is 1.64. The first-order valence-corrected chi connectivity index (χ1v) is 16.4. The van der Waals surface area contributed by atoms with E-state index >= 15 is 0 Å². The molecule has 2 N–H and O–H groups in total. The SMILES string of the molecule is O=C(Nc1ccc(-c2ccc(-c3cnc([C@@H]4CCCN4C(=O)c4cscn4)[nH]3)cc2)cc1)[C@H]1CCN(C(=O)c2cscn2)C1. The molecule has 44 heavy (non-hydrogen) atoms. The largest absolute Gasteiger partial charge is 0.340 e. The summed E-state index contributed by atoms with van der Waals surface area (Å²) in [5.41, 5.74) is 8.95. The van der Waals surface area contributed by atoms with E-state index in [0.717, 1.165) is 46.7 Å². The molecule has 0 aliphatic carbocycles. The molecule has 0 unspecified atom stereocenters. The van der Waals surface area contributed by atoms with E-state index < -0.39 is 0 Å². The monoisotopic (exact) mass is 623 g/mol. The number of hydrogen-bond acceptors (Lipinski definition) is 8. The predicted octanol–water partition coefficient (Wildman–Crippen LogP) is 5.73. The average molecular weight is 624 g/mol. The second-order valence-electron chi connectivity index (χ2n) is 11.0. The van der Waals surface area contributed by atoms with Crippen LogP contribution >= 0.6 is 22.7 Å². The number of carbonyl (C=O) groups is 3. The van der Waals surface area contributed by atoms with Crippen molar-refractivity contribution in [2.75, 3.05) is 25.0 Å². The number of aromatic amines is 1. The number of H-pyrrole nitrogens is 1. The first-order valence-electron chi connectivity index (χ1n) is 14.5. The van der Waals surface area contributed by atoms with Crippen LogP contribution in [0.4, 0.5) is 5.69 Å². The van der Waals surface area contributed by atoms with Gasteiger partial charge in [0.25, 0.3) is 11.8 Å². The lowest BCUT2D eigenvalue weighted by Gasteiger charge is -2.22. The lowest BCUT2D eigenvalue weighted by Crippen LogP contribution is -2.31. The normalized spacial score (nSPS) is 18.1. The third kappa shape index (κ3) is 5.65. The van der Waals surface area contributed by atoms with Crippen LogP contribution in [0.15, 0.2) is 76.5 Å². The highest BCUT2D eigenvalue weighted by Gasteiger charge is 2.34. The topological polar surface area (TPSA) is 124 Å². The molecule has 5 aromatic rings. The van der Waals surface area contributed by atoms with Crippen LogP contribution in [0.2, 0.25) is 0 Å².